The van der Waals surface area contributed by atoms with Crippen LogP contribution in [0.4, 0.5) is 13.2 Å². The Morgan fingerprint density at radius 3 is 2.48 bits per heavy atom. The fraction of sp³-hybridized carbons (Fsp3) is 0.143. The number of aliphatic hydroxyl groups is 1. The van der Waals surface area contributed by atoms with Gasteiger partial charge in [-0.2, -0.15) is 13.2 Å². The summed E-state index contributed by atoms with van der Waals surface area (Å²) in [6, 6.07) is 5.30. The molecule has 0 spiro atoms. The molecular formula is C14H10F3N3O. The number of alkyl halides is 3. The summed E-state index contributed by atoms with van der Waals surface area (Å²) in [6.45, 7) is -0.329. The Morgan fingerprint density at radius 2 is 1.86 bits per heavy atom. The van der Waals surface area contributed by atoms with E-state index in [-0.39, 0.29) is 12.3 Å². The summed E-state index contributed by atoms with van der Waals surface area (Å²) >= 11 is 0. The smallest absolute Gasteiger partial charge is 0.390 e. The molecule has 3 aromatic rings. The van der Waals surface area contributed by atoms with E-state index in [9.17, 15) is 18.3 Å². The average Bonchev–Trinajstić information content (AvgIpc) is 2.84. The first-order valence-corrected chi connectivity index (χ1v) is 6.10. The lowest BCUT2D eigenvalue weighted by Gasteiger charge is -2.06. The van der Waals surface area contributed by atoms with E-state index >= 15 is 0 Å². The number of aromatic nitrogens is 3. The zero-order valence-corrected chi connectivity index (χ0v) is 10.7. The number of halogens is 3. The van der Waals surface area contributed by atoms with E-state index in [1.54, 1.807) is 24.5 Å². The molecule has 3 heterocycles. The zero-order chi connectivity index (χ0) is 15.0. The van der Waals surface area contributed by atoms with E-state index < -0.39 is 11.7 Å². The van der Waals surface area contributed by atoms with Gasteiger partial charge in [-0.1, -0.05) is 0 Å². The molecule has 0 saturated carbocycles. The molecule has 3 aromatic heterocycles. The molecule has 4 nitrogen and oxygen atoms in total. The molecule has 1 N–H and O–H groups in total. The van der Waals surface area contributed by atoms with Crippen LogP contribution in [0.2, 0.25) is 0 Å². The molecule has 0 saturated heterocycles. The highest BCUT2D eigenvalue weighted by Gasteiger charge is 2.31. The summed E-state index contributed by atoms with van der Waals surface area (Å²) in [7, 11) is 0. The number of nitrogens with zero attached hydrogens (tertiary/aromatic N) is 3. The van der Waals surface area contributed by atoms with Crippen LogP contribution in [0.5, 0.6) is 0 Å². The highest BCUT2D eigenvalue weighted by molar-refractivity contribution is 5.66. The van der Waals surface area contributed by atoms with Gasteiger partial charge in [-0.05, 0) is 24.3 Å². The Bertz CT molecular complexity index is 781. The van der Waals surface area contributed by atoms with Crippen LogP contribution < -0.4 is 0 Å². The predicted molar refractivity (Wildman–Crippen MR) is 69.3 cm³/mol. The van der Waals surface area contributed by atoms with Crippen molar-refractivity contribution in [3.8, 4) is 11.3 Å². The van der Waals surface area contributed by atoms with Crippen LogP contribution in [-0.4, -0.2) is 19.5 Å². The summed E-state index contributed by atoms with van der Waals surface area (Å²) in [5, 5.41) is 9.50. The molecule has 3 rings (SSSR count). The van der Waals surface area contributed by atoms with Crippen LogP contribution >= 0.6 is 0 Å². The highest BCUT2D eigenvalue weighted by Crippen LogP contribution is 2.31. The number of rotatable bonds is 2. The van der Waals surface area contributed by atoms with Gasteiger partial charge in [0.15, 0.2) is 0 Å². The van der Waals surface area contributed by atoms with Gasteiger partial charge in [0.05, 0.1) is 23.6 Å². The van der Waals surface area contributed by atoms with Gasteiger partial charge in [0.25, 0.3) is 0 Å². The topological polar surface area (TPSA) is 50.4 Å². The van der Waals surface area contributed by atoms with E-state index in [1.807, 2.05) is 0 Å². The second-order valence-corrected chi connectivity index (χ2v) is 4.44. The average molecular weight is 293 g/mol. The normalized spacial score (nSPS) is 12.0. The first kappa shape index (κ1) is 13.6. The van der Waals surface area contributed by atoms with Crippen LogP contribution in [0, 0.1) is 0 Å². The van der Waals surface area contributed by atoms with Crippen LogP contribution in [-0.2, 0) is 12.8 Å². The van der Waals surface area contributed by atoms with Crippen molar-refractivity contribution in [2.75, 3.05) is 0 Å². The van der Waals surface area contributed by atoms with Crippen LogP contribution in [0.25, 0.3) is 16.9 Å². The minimum atomic E-state index is -4.43. The van der Waals surface area contributed by atoms with Crippen molar-refractivity contribution in [2.24, 2.45) is 0 Å². The van der Waals surface area contributed by atoms with Gasteiger partial charge in [0.1, 0.15) is 5.65 Å². The number of fused-ring (bicyclic) bond motifs is 1. The van der Waals surface area contributed by atoms with Crippen LogP contribution in [0.15, 0.2) is 42.9 Å². The molecule has 0 bridgehead atoms. The summed E-state index contributed by atoms with van der Waals surface area (Å²) in [5.41, 5.74) is 0.932. The number of hydrogen-bond acceptors (Lipinski definition) is 3. The van der Waals surface area contributed by atoms with Gasteiger partial charge in [0, 0.05) is 24.2 Å². The Balaban J connectivity index is 2.23. The summed E-state index contributed by atoms with van der Waals surface area (Å²) in [5.74, 6) is 0. The lowest BCUT2D eigenvalue weighted by Crippen LogP contribution is -2.05. The molecule has 0 amide bonds. The van der Waals surface area contributed by atoms with E-state index in [0.717, 1.165) is 12.1 Å². The Labute approximate surface area is 117 Å². The maximum atomic E-state index is 12.7. The molecule has 0 aliphatic rings. The molecule has 0 fully saturated rings. The van der Waals surface area contributed by atoms with Crippen molar-refractivity contribution in [2.45, 2.75) is 12.8 Å². The van der Waals surface area contributed by atoms with Gasteiger partial charge in [-0.25, -0.2) is 4.98 Å². The second kappa shape index (κ2) is 4.85. The molecule has 0 aromatic carbocycles. The van der Waals surface area contributed by atoms with Gasteiger partial charge in [-0.3, -0.25) is 4.98 Å². The summed E-state index contributed by atoms with van der Waals surface area (Å²) < 4.78 is 39.6. The van der Waals surface area contributed by atoms with Crippen molar-refractivity contribution in [1.82, 2.24) is 14.4 Å². The second-order valence-electron chi connectivity index (χ2n) is 4.44. The number of aliphatic hydroxyl groups excluding tert-OH is 1. The third kappa shape index (κ3) is 2.36. The van der Waals surface area contributed by atoms with Crippen molar-refractivity contribution in [3.63, 3.8) is 0 Å². The third-order valence-corrected chi connectivity index (χ3v) is 3.16. The molecule has 0 radical (unpaired) electrons. The zero-order valence-electron chi connectivity index (χ0n) is 10.7. The quantitative estimate of drug-likeness (QED) is 0.790. The fourth-order valence-electron chi connectivity index (χ4n) is 2.16. The number of imidazole rings is 1. The summed E-state index contributed by atoms with van der Waals surface area (Å²) in [4.78, 5) is 8.08. The maximum absolute atomic E-state index is 12.7. The maximum Gasteiger partial charge on any atom is 0.416 e. The molecule has 0 atom stereocenters. The molecule has 108 valence electrons. The molecule has 0 unspecified atom stereocenters. The minimum absolute atomic E-state index is 0.140. The monoisotopic (exact) mass is 293 g/mol. The third-order valence-electron chi connectivity index (χ3n) is 3.16. The standard InChI is InChI=1S/C14H10F3N3O/c15-14(16,17)10-3-6-20-11(8-21)13(19-12(20)7-10)9-1-4-18-5-2-9/h1-7,21H,8H2. The molecule has 0 aliphatic carbocycles. The van der Waals surface area contributed by atoms with Gasteiger partial charge in [-0.15, -0.1) is 0 Å². The highest BCUT2D eigenvalue weighted by atomic mass is 19.4. The molecule has 21 heavy (non-hydrogen) atoms. The van der Waals surface area contributed by atoms with Crippen molar-refractivity contribution >= 4 is 5.65 Å². The van der Waals surface area contributed by atoms with E-state index in [1.165, 1.54) is 10.6 Å². The van der Waals surface area contributed by atoms with Crippen LogP contribution in [0.3, 0.4) is 0 Å². The van der Waals surface area contributed by atoms with E-state index in [4.69, 9.17) is 0 Å². The van der Waals surface area contributed by atoms with E-state index in [0.29, 0.717) is 17.0 Å². The molecular weight excluding hydrogens is 283 g/mol. The Morgan fingerprint density at radius 1 is 1.14 bits per heavy atom. The first-order valence-electron chi connectivity index (χ1n) is 6.10. The lowest BCUT2D eigenvalue weighted by atomic mass is 10.1. The van der Waals surface area contributed by atoms with Crippen molar-refractivity contribution < 1.29 is 18.3 Å². The Kier molecular flexibility index (Phi) is 3.13. The van der Waals surface area contributed by atoms with Crippen molar-refractivity contribution in [1.29, 1.82) is 0 Å². The van der Waals surface area contributed by atoms with Crippen LogP contribution in [0.1, 0.15) is 11.3 Å². The largest absolute Gasteiger partial charge is 0.416 e. The van der Waals surface area contributed by atoms with Gasteiger partial charge in [0.2, 0.25) is 0 Å². The minimum Gasteiger partial charge on any atom is -0.390 e. The number of hydrogen-bond donors (Lipinski definition) is 1. The van der Waals surface area contributed by atoms with Gasteiger partial charge >= 0.3 is 6.18 Å². The van der Waals surface area contributed by atoms with Crippen molar-refractivity contribution in [3.05, 3.63) is 54.1 Å². The molecule has 0 aliphatic heterocycles. The first-order chi connectivity index (χ1) is 10.0. The summed E-state index contributed by atoms with van der Waals surface area (Å²) in [6.07, 6.45) is -0.0470. The fourth-order valence-corrected chi connectivity index (χ4v) is 2.16. The number of pyridine rings is 2. The Hall–Kier alpha value is -2.41. The van der Waals surface area contributed by atoms with Gasteiger partial charge < -0.3 is 9.51 Å². The van der Waals surface area contributed by atoms with E-state index in [2.05, 4.69) is 9.97 Å². The molecule has 7 heteroatoms. The SMILES string of the molecule is OCc1c(-c2ccncc2)nc2cc(C(F)(F)F)ccn12. The predicted octanol–water partition coefficient (Wildman–Crippen LogP) is 2.91. The lowest BCUT2D eigenvalue weighted by molar-refractivity contribution is -0.137.